The van der Waals surface area contributed by atoms with Gasteiger partial charge in [0.1, 0.15) is 17.4 Å². The smallest absolute Gasteiger partial charge is 0.387 e. The van der Waals surface area contributed by atoms with Crippen LogP contribution in [0.2, 0.25) is 0 Å². The first-order chi connectivity index (χ1) is 10.9. The highest BCUT2D eigenvalue weighted by Gasteiger charge is 2.16. The van der Waals surface area contributed by atoms with Crippen LogP contribution >= 0.6 is 0 Å². The van der Waals surface area contributed by atoms with Crippen LogP contribution in [0.25, 0.3) is 0 Å². The van der Waals surface area contributed by atoms with Gasteiger partial charge in [-0.3, -0.25) is 4.79 Å². The molecule has 1 N–H and O–H groups in total. The minimum atomic E-state index is -2.92. The van der Waals surface area contributed by atoms with Crippen molar-refractivity contribution >= 4 is 5.91 Å². The number of ether oxygens (including phenoxy) is 1. The van der Waals surface area contributed by atoms with Crippen molar-refractivity contribution in [3.8, 4) is 5.75 Å². The lowest BCUT2D eigenvalue weighted by Crippen LogP contribution is -2.27. The molecule has 0 bridgehead atoms. The number of amides is 1. The van der Waals surface area contributed by atoms with Crippen molar-refractivity contribution < 1.29 is 27.1 Å². The van der Waals surface area contributed by atoms with E-state index in [2.05, 4.69) is 10.1 Å². The first-order valence-corrected chi connectivity index (χ1v) is 6.67. The summed E-state index contributed by atoms with van der Waals surface area (Å²) in [6.07, 6.45) is 0. The standard InChI is InChI=1S/C16H13F4NO2/c1-9(10-2-5-12(6-3-10)23-16(19)20)21-15(22)13-7-4-11(17)8-14(13)18/h2-9,16H,1H3,(H,21,22). The molecule has 2 aromatic rings. The molecular formula is C16H13F4NO2. The minimum absolute atomic E-state index is 0.00754. The van der Waals surface area contributed by atoms with Crippen molar-refractivity contribution in [3.63, 3.8) is 0 Å². The normalized spacial score (nSPS) is 12.1. The Morgan fingerprint density at radius 2 is 1.74 bits per heavy atom. The highest BCUT2D eigenvalue weighted by molar-refractivity contribution is 5.94. The third kappa shape index (κ3) is 4.45. The summed E-state index contributed by atoms with van der Waals surface area (Å²) in [5.74, 6) is -2.45. The maximum atomic E-state index is 13.5. The third-order valence-corrected chi connectivity index (χ3v) is 3.13. The molecule has 0 aliphatic rings. The minimum Gasteiger partial charge on any atom is -0.435 e. The van der Waals surface area contributed by atoms with E-state index in [1.54, 1.807) is 6.92 Å². The van der Waals surface area contributed by atoms with Crippen molar-refractivity contribution in [2.45, 2.75) is 19.6 Å². The zero-order valence-electron chi connectivity index (χ0n) is 12.0. The number of alkyl halides is 2. The number of benzene rings is 2. The molecule has 0 aliphatic heterocycles. The topological polar surface area (TPSA) is 38.3 Å². The van der Waals surface area contributed by atoms with Crippen molar-refractivity contribution in [2.75, 3.05) is 0 Å². The largest absolute Gasteiger partial charge is 0.435 e. The van der Waals surface area contributed by atoms with Gasteiger partial charge in [-0.25, -0.2) is 8.78 Å². The molecule has 0 aromatic heterocycles. The number of rotatable bonds is 5. The fraction of sp³-hybridized carbons (Fsp3) is 0.188. The number of carbonyl (C=O) groups excluding carboxylic acids is 1. The number of halogens is 4. The van der Waals surface area contributed by atoms with E-state index in [4.69, 9.17) is 0 Å². The van der Waals surface area contributed by atoms with Crippen molar-refractivity contribution in [1.29, 1.82) is 0 Å². The van der Waals surface area contributed by atoms with Gasteiger partial charge < -0.3 is 10.1 Å². The van der Waals surface area contributed by atoms with E-state index in [9.17, 15) is 22.4 Å². The van der Waals surface area contributed by atoms with Gasteiger partial charge in [0.25, 0.3) is 5.91 Å². The van der Waals surface area contributed by atoms with Gasteiger partial charge in [0, 0.05) is 6.07 Å². The van der Waals surface area contributed by atoms with Crippen LogP contribution in [0, 0.1) is 11.6 Å². The van der Waals surface area contributed by atoms with E-state index in [0.717, 1.165) is 12.1 Å². The van der Waals surface area contributed by atoms with Gasteiger partial charge >= 0.3 is 6.61 Å². The summed E-state index contributed by atoms with van der Waals surface area (Å²) >= 11 is 0. The highest BCUT2D eigenvalue weighted by atomic mass is 19.3. The lowest BCUT2D eigenvalue weighted by atomic mass is 10.1. The molecule has 0 fully saturated rings. The lowest BCUT2D eigenvalue weighted by molar-refractivity contribution is -0.0498. The van der Waals surface area contributed by atoms with Crippen molar-refractivity contribution in [1.82, 2.24) is 5.32 Å². The maximum absolute atomic E-state index is 13.5. The van der Waals surface area contributed by atoms with Crippen LogP contribution in [-0.2, 0) is 0 Å². The predicted octanol–water partition coefficient (Wildman–Crippen LogP) is 4.06. The summed E-state index contributed by atoms with van der Waals surface area (Å²) < 4.78 is 54.7. The molecule has 3 nitrogen and oxygen atoms in total. The molecule has 1 amide bonds. The molecule has 2 rings (SSSR count). The van der Waals surface area contributed by atoms with Crippen LogP contribution in [0.4, 0.5) is 17.6 Å². The fourth-order valence-corrected chi connectivity index (χ4v) is 1.97. The number of carbonyl (C=O) groups is 1. The Hall–Kier alpha value is -2.57. The molecule has 0 radical (unpaired) electrons. The van der Waals surface area contributed by atoms with E-state index in [0.29, 0.717) is 11.6 Å². The average Bonchev–Trinajstić information content (AvgIpc) is 2.47. The first kappa shape index (κ1) is 16.8. The number of hydrogen-bond acceptors (Lipinski definition) is 2. The Bertz CT molecular complexity index is 689. The van der Waals surface area contributed by atoms with Crippen LogP contribution in [0.5, 0.6) is 5.75 Å². The van der Waals surface area contributed by atoms with Crippen LogP contribution in [-0.4, -0.2) is 12.5 Å². The summed E-state index contributed by atoms with van der Waals surface area (Å²) in [4.78, 5) is 12.0. The fourth-order valence-electron chi connectivity index (χ4n) is 1.97. The number of nitrogens with one attached hydrogen (secondary N) is 1. The lowest BCUT2D eigenvalue weighted by Gasteiger charge is -2.15. The van der Waals surface area contributed by atoms with Crippen molar-refractivity contribution in [2.24, 2.45) is 0 Å². The average molecular weight is 327 g/mol. The summed E-state index contributed by atoms with van der Waals surface area (Å²) in [5, 5.41) is 2.54. The maximum Gasteiger partial charge on any atom is 0.387 e. The first-order valence-electron chi connectivity index (χ1n) is 6.67. The van der Waals surface area contributed by atoms with Gasteiger partial charge in [0.2, 0.25) is 0 Å². The summed E-state index contributed by atoms with van der Waals surface area (Å²) in [6, 6.07) is 7.83. The van der Waals surface area contributed by atoms with Gasteiger partial charge in [-0.2, -0.15) is 8.78 Å². The molecular weight excluding hydrogens is 314 g/mol. The number of hydrogen-bond donors (Lipinski definition) is 1. The molecule has 0 aliphatic carbocycles. The molecule has 1 atom stereocenters. The van der Waals surface area contributed by atoms with Crippen LogP contribution in [0.15, 0.2) is 42.5 Å². The zero-order chi connectivity index (χ0) is 17.0. The monoisotopic (exact) mass is 327 g/mol. The molecule has 0 saturated heterocycles. The van der Waals surface area contributed by atoms with Crippen LogP contribution in [0.1, 0.15) is 28.9 Å². The van der Waals surface area contributed by atoms with Gasteiger partial charge in [-0.05, 0) is 36.8 Å². The molecule has 23 heavy (non-hydrogen) atoms. The molecule has 0 heterocycles. The third-order valence-electron chi connectivity index (χ3n) is 3.13. The SMILES string of the molecule is CC(NC(=O)c1ccc(F)cc1F)c1ccc(OC(F)F)cc1. The van der Waals surface area contributed by atoms with E-state index < -0.39 is 30.2 Å². The highest BCUT2D eigenvalue weighted by Crippen LogP contribution is 2.20. The van der Waals surface area contributed by atoms with E-state index in [-0.39, 0.29) is 11.3 Å². The van der Waals surface area contributed by atoms with Gasteiger partial charge in [0.05, 0.1) is 11.6 Å². The Labute approximate surface area is 129 Å². The second-order valence-corrected chi connectivity index (χ2v) is 4.77. The molecule has 0 spiro atoms. The molecule has 2 aromatic carbocycles. The Morgan fingerprint density at radius 1 is 1.09 bits per heavy atom. The van der Waals surface area contributed by atoms with E-state index >= 15 is 0 Å². The summed E-state index contributed by atoms with van der Waals surface area (Å²) in [5.41, 5.74) is 0.332. The van der Waals surface area contributed by atoms with Crippen molar-refractivity contribution in [3.05, 3.63) is 65.2 Å². The summed E-state index contributed by atoms with van der Waals surface area (Å²) in [6.45, 7) is -1.28. The Kier molecular flexibility index (Phi) is 5.20. The summed E-state index contributed by atoms with van der Waals surface area (Å²) in [7, 11) is 0. The van der Waals surface area contributed by atoms with E-state index in [1.807, 2.05) is 0 Å². The van der Waals surface area contributed by atoms with Crippen LogP contribution in [0.3, 0.4) is 0 Å². The van der Waals surface area contributed by atoms with Gasteiger partial charge in [-0.1, -0.05) is 12.1 Å². The molecule has 7 heteroatoms. The second-order valence-electron chi connectivity index (χ2n) is 4.77. The van der Waals surface area contributed by atoms with Crippen LogP contribution < -0.4 is 10.1 Å². The Balaban J connectivity index is 2.06. The zero-order valence-corrected chi connectivity index (χ0v) is 12.0. The molecule has 1 unspecified atom stereocenters. The van der Waals surface area contributed by atoms with E-state index in [1.165, 1.54) is 24.3 Å². The van der Waals surface area contributed by atoms with Gasteiger partial charge in [-0.15, -0.1) is 0 Å². The predicted molar refractivity (Wildman–Crippen MR) is 75.3 cm³/mol. The molecule has 0 saturated carbocycles. The molecule has 122 valence electrons. The second kappa shape index (κ2) is 7.13. The Morgan fingerprint density at radius 3 is 2.30 bits per heavy atom. The quantitative estimate of drug-likeness (QED) is 0.841. The van der Waals surface area contributed by atoms with Gasteiger partial charge in [0.15, 0.2) is 0 Å².